The third-order valence-electron chi connectivity index (χ3n) is 3.77. The van der Waals surface area contributed by atoms with Crippen LogP contribution in [-0.2, 0) is 17.8 Å². The molecule has 1 amide bonds. The molecule has 6 heteroatoms. The van der Waals surface area contributed by atoms with Crippen molar-refractivity contribution in [3.05, 3.63) is 36.2 Å². The topological polar surface area (TPSA) is 59.8 Å². The lowest BCUT2D eigenvalue weighted by Gasteiger charge is -2.12. The van der Waals surface area contributed by atoms with E-state index in [2.05, 4.69) is 20.1 Å². The summed E-state index contributed by atoms with van der Waals surface area (Å²) in [6.45, 7) is 2.86. The maximum Gasteiger partial charge on any atom is 0.237 e. The summed E-state index contributed by atoms with van der Waals surface area (Å²) in [6, 6.07) is 9.52. The van der Waals surface area contributed by atoms with Crippen molar-refractivity contribution in [2.75, 3.05) is 5.32 Å². The standard InChI is InChI=1S/C16H20N4OS/c1-12(15(21)17-13-8-4-2-5-9-13)22-16-19-18-14-10-6-3-7-11-20(14)16/h2,4-5,8-9,12H,3,6-7,10-11H2,1H3,(H,17,21). The predicted octanol–water partition coefficient (Wildman–Crippen LogP) is 3.12. The first-order valence-corrected chi connectivity index (χ1v) is 8.56. The average Bonchev–Trinajstić information content (AvgIpc) is 2.76. The summed E-state index contributed by atoms with van der Waals surface area (Å²) < 4.78 is 2.17. The van der Waals surface area contributed by atoms with Gasteiger partial charge in [-0.05, 0) is 31.9 Å². The van der Waals surface area contributed by atoms with Gasteiger partial charge in [0.2, 0.25) is 5.91 Å². The molecule has 22 heavy (non-hydrogen) atoms. The molecule has 1 atom stereocenters. The number of amides is 1. The lowest BCUT2D eigenvalue weighted by atomic mass is 10.2. The highest BCUT2D eigenvalue weighted by atomic mass is 32.2. The Morgan fingerprint density at radius 2 is 2.05 bits per heavy atom. The Morgan fingerprint density at radius 1 is 1.23 bits per heavy atom. The lowest BCUT2D eigenvalue weighted by Crippen LogP contribution is -2.23. The monoisotopic (exact) mass is 316 g/mol. The Labute approximate surface area is 134 Å². The smallest absolute Gasteiger partial charge is 0.237 e. The SMILES string of the molecule is CC(Sc1nnc2n1CCCCC2)C(=O)Nc1ccccc1. The number of nitrogens with zero attached hydrogens (tertiary/aromatic N) is 3. The van der Waals surface area contributed by atoms with Crippen molar-refractivity contribution in [1.82, 2.24) is 14.8 Å². The van der Waals surface area contributed by atoms with Gasteiger partial charge in [0.05, 0.1) is 5.25 Å². The van der Waals surface area contributed by atoms with E-state index < -0.39 is 0 Å². The summed E-state index contributed by atoms with van der Waals surface area (Å²) >= 11 is 1.48. The van der Waals surface area contributed by atoms with E-state index >= 15 is 0 Å². The molecule has 1 aromatic carbocycles. The minimum absolute atomic E-state index is 0.0119. The number of nitrogens with one attached hydrogen (secondary N) is 1. The number of hydrogen-bond acceptors (Lipinski definition) is 4. The van der Waals surface area contributed by atoms with Crippen LogP contribution in [0.5, 0.6) is 0 Å². The van der Waals surface area contributed by atoms with E-state index in [1.54, 1.807) is 0 Å². The third-order valence-corrected chi connectivity index (χ3v) is 4.85. The maximum atomic E-state index is 12.3. The van der Waals surface area contributed by atoms with Gasteiger partial charge in [-0.25, -0.2) is 0 Å². The summed E-state index contributed by atoms with van der Waals surface area (Å²) in [7, 11) is 0. The summed E-state index contributed by atoms with van der Waals surface area (Å²) in [6.07, 6.45) is 4.55. The van der Waals surface area contributed by atoms with Gasteiger partial charge in [-0.15, -0.1) is 10.2 Å². The summed E-state index contributed by atoms with van der Waals surface area (Å²) in [5, 5.41) is 12.1. The number of rotatable bonds is 4. The van der Waals surface area contributed by atoms with Crippen molar-refractivity contribution in [3.8, 4) is 0 Å². The van der Waals surface area contributed by atoms with Crippen LogP contribution in [0.2, 0.25) is 0 Å². The van der Waals surface area contributed by atoms with E-state index in [1.165, 1.54) is 24.6 Å². The number of fused-ring (bicyclic) bond motifs is 1. The van der Waals surface area contributed by atoms with Crippen LogP contribution in [0.15, 0.2) is 35.5 Å². The molecule has 1 N–H and O–H groups in total. The van der Waals surface area contributed by atoms with Crippen LogP contribution in [0.25, 0.3) is 0 Å². The van der Waals surface area contributed by atoms with Crippen molar-refractivity contribution >= 4 is 23.4 Å². The van der Waals surface area contributed by atoms with E-state index in [-0.39, 0.29) is 11.2 Å². The van der Waals surface area contributed by atoms with Crippen molar-refractivity contribution in [2.45, 2.75) is 49.6 Å². The molecule has 1 unspecified atom stereocenters. The van der Waals surface area contributed by atoms with E-state index in [9.17, 15) is 4.79 Å². The molecule has 0 fully saturated rings. The molecule has 0 saturated carbocycles. The van der Waals surface area contributed by atoms with Crippen LogP contribution in [0.4, 0.5) is 5.69 Å². The Bertz CT molecular complexity index is 641. The average molecular weight is 316 g/mol. The number of benzene rings is 1. The number of aryl methyl sites for hydroxylation is 1. The largest absolute Gasteiger partial charge is 0.325 e. The third kappa shape index (κ3) is 3.50. The van der Waals surface area contributed by atoms with Gasteiger partial charge in [0.25, 0.3) is 0 Å². The molecule has 2 heterocycles. The molecule has 3 rings (SSSR count). The van der Waals surface area contributed by atoms with Gasteiger partial charge in [-0.2, -0.15) is 0 Å². The van der Waals surface area contributed by atoms with Gasteiger partial charge in [0.15, 0.2) is 5.16 Å². The molecule has 2 aromatic rings. The first kappa shape index (κ1) is 15.1. The van der Waals surface area contributed by atoms with Crippen LogP contribution in [-0.4, -0.2) is 25.9 Å². The fraction of sp³-hybridized carbons (Fsp3) is 0.438. The molecule has 5 nitrogen and oxygen atoms in total. The van der Waals surface area contributed by atoms with Crippen LogP contribution >= 0.6 is 11.8 Å². The quantitative estimate of drug-likeness (QED) is 0.880. The molecule has 116 valence electrons. The minimum Gasteiger partial charge on any atom is -0.325 e. The Hall–Kier alpha value is -1.82. The molecule has 0 saturated heterocycles. The second kappa shape index (κ2) is 6.96. The van der Waals surface area contributed by atoms with Crippen LogP contribution in [0.1, 0.15) is 32.0 Å². The highest BCUT2D eigenvalue weighted by molar-refractivity contribution is 8.00. The van der Waals surface area contributed by atoms with Crippen molar-refractivity contribution in [1.29, 1.82) is 0 Å². The van der Waals surface area contributed by atoms with Gasteiger partial charge in [-0.1, -0.05) is 36.4 Å². The molecular formula is C16H20N4OS. The highest BCUT2D eigenvalue weighted by Gasteiger charge is 2.21. The van der Waals surface area contributed by atoms with Crippen LogP contribution in [0, 0.1) is 0 Å². The zero-order valence-corrected chi connectivity index (χ0v) is 13.5. The van der Waals surface area contributed by atoms with Crippen molar-refractivity contribution < 1.29 is 4.79 Å². The summed E-state index contributed by atoms with van der Waals surface area (Å²) in [5.74, 6) is 1.04. The molecule has 1 aromatic heterocycles. The number of para-hydroxylation sites is 1. The first-order valence-electron chi connectivity index (χ1n) is 7.68. The number of carbonyl (C=O) groups excluding carboxylic acids is 1. The highest BCUT2D eigenvalue weighted by Crippen LogP contribution is 2.25. The molecule has 1 aliphatic heterocycles. The number of aromatic nitrogens is 3. The summed E-state index contributed by atoms with van der Waals surface area (Å²) in [5.41, 5.74) is 0.819. The maximum absolute atomic E-state index is 12.3. The molecular weight excluding hydrogens is 296 g/mol. The Kier molecular flexibility index (Phi) is 4.77. The molecule has 1 aliphatic rings. The molecule has 0 radical (unpaired) electrons. The summed E-state index contributed by atoms with van der Waals surface area (Å²) in [4.78, 5) is 12.3. The van der Waals surface area contributed by atoms with E-state index in [1.807, 2.05) is 37.3 Å². The fourth-order valence-electron chi connectivity index (χ4n) is 2.52. The zero-order chi connectivity index (χ0) is 15.4. The zero-order valence-electron chi connectivity index (χ0n) is 12.7. The second-order valence-electron chi connectivity index (χ2n) is 5.48. The number of anilines is 1. The molecule has 0 bridgehead atoms. The second-order valence-corrected chi connectivity index (χ2v) is 6.78. The molecule has 0 spiro atoms. The number of thioether (sulfide) groups is 1. The molecule has 0 aliphatic carbocycles. The minimum atomic E-state index is -0.211. The van der Waals surface area contributed by atoms with Gasteiger partial charge in [0.1, 0.15) is 5.82 Å². The predicted molar refractivity (Wildman–Crippen MR) is 88.0 cm³/mol. The number of hydrogen-bond donors (Lipinski definition) is 1. The van der Waals surface area contributed by atoms with E-state index in [0.717, 1.165) is 36.1 Å². The Morgan fingerprint density at radius 3 is 2.86 bits per heavy atom. The van der Waals surface area contributed by atoms with Crippen LogP contribution < -0.4 is 5.32 Å². The van der Waals surface area contributed by atoms with E-state index in [0.29, 0.717) is 0 Å². The van der Waals surface area contributed by atoms with E-state index in [4.69, 9.17) is 0 Å². The van der Waals surface area contributed by atoms with Gasteiger partial charge >= 0.3 is 0 Å². The number of carbonyl (C=O) groups is 1. The van der Waals surface area contributed by atoms with Gasteiger partial charge in [-0.3, -0.25) is 4.79 Å². The lowest BCUT2D eigenvalue weighted by molar-refractivity contribution is -0.115. The van der Waals surface area contributed by atoms with Crippen molar-refractivity contribution in [3.63, 3.8) is 0 Å². The van der Waals surface area contributed by atoms with Crippen molar-refractivity contribution in [2.24, 2.45) is 0 Å². The fourth-order valence-corrected chi connectivity index (χ4v) is 3.42. The Balaban J connectivity index is 1.65. The van der Waals surface area contributed by atoms with Gasteiger partial charge in [0, 0.05) is 18.7 Å². The van der Waals surface area contributed by atoms with Gasteiger partial charge < -0.3 is 9.88 Å². The van der Waals surface area contributed by atoms with Crippen LogP contribution in [0.3, 0.4) is 0 Å². The normalized spacial score (nSPS) is 15.7. The first-order chi connectivity index (χ1) is 10.7.